The highest BCUT2D eigenvalue weighted by Crippen LogP contribution is 2.11. The van der Waals surface area contributed by atoms with Crippen LogP contribution in [0.1, 0.15) is 7.43 Å². The van der Waals surface area contributed by atoms with Crippen molar-refractivity contribution >= 4 is 15.7 Å². The molecule has 1 aromatic rings. The molecule has 0 radical (unpaired) electrons. The fourth-order valence-corrected chi connectivity index (χ4v) is 1.33. The first kappa shape index (κ1) is 11.9. The van der Waals surface area contributed by atoms with Gasteiger partial charge in [-0.1, -0.05) is 7.43 Å². The van der Waals surface area contributed by atoms with Crippen molar-refractivity contribution in [1.82, 2.24) is 0 Å². The summed E-state index contributed by atoms with van der Waals surface area (Å²) in [6.45, 7) is 0. The second-order valence-electron chi connectivity index (χ2n) is 2.32. The Hall–Kier alpha value is -1.07. The molecule has 0 aliphatic rings. The fourth-order valence-electron chi connectivity index (χ4n) is 0.811. The summed E-state index contributed by atoms with van der Waals surface area (Å²) in [6.07, 6.45) is 0. The molecule has 0 saturated heterocycles. The van der Waals surface area contributed by atoms with Crippen molar-refractivity contribution in [1.29, 1.82) is 0 Å². The van der Waals surface area contributed by atoms with Crippen LogP contribution in [0.15, 0.2) is 29.2 Å². The minimum atomic E-state index is -3.56. The van der Waals surface area contributed by atoms with Gasteiger partial charge in [-0.3, -0.25) is 0 Å². The minimum absolute atomic E-state index is 0. The highest BCUT2D eigenvalue weighted by Gasteiger charge is 2.05. The molecule has 1 aromatic carbocycles. The summed E-state index contributed by atoms with van der Waals surface area (Å²) >= 11 is 0. The molecule has 3 N–H and O–H groups in total. The van der Waals surface area contributed by atoms with Crippen LogP contribution in [-0.4, -0.2) is 15.5 Å². The summed E-state index contributed by atoms with van der Waals surface area (Å²) in [5.41, 5.74) is 0.849. The molecular weight excluding hydrogens is 188 g/mol. The van der Waals surface area contributed by atoms with Gasteiger partial charge in [-0.25, -0.2) is 13.6 Å². The number of rotatable bonds is 2. The molecule has 0 unspecified atom stereocenters. The highest BCUT2D eigenvalue weighted by molar-refractivity contribution is 7.89. The molecule has 0 aromatic heterocycles. The Kier molecular flexibility index (Phi) is 3.90. The molecule has 1 rings (SSSR count). The first-order chi connectivity index (χ1) is 5.54. The van der Waals surface area contributed by atoms with Gasteiger partial charge in [-0.05, 0) is 24.3 Å². The molecule has 4 nitrogen and oxygen atoms in total. The van der Waals surface area contributed by atoms with Crippen LogP contribution in [0.25, 0.3) is 0 Å². The van der Waals surface area contributed by atoms with Crippen LogP contribution in [-0.2, 0) is 10.0 Å². The van der Waals surface area contributed by atoms with Crippen LogP contribution >= 0.6 is 0 Å². The van der Waals surface area contributed by atoms with Gasteiger partial charge < -0.3 is 5.32 Å². The van der Waals surface area contributed by atoms with E-state index in [1.54, 1.807) is 19.2 Å². The van der Waals surface area contributed by atoms with Gasteiger partial charge in [0.2, 0.25) is 10.0 Å². The van der Waals surface area contributed by atoms with E-state index in [9.17, 15) is 8.42 Å². The van der Waals surface area contributed by atoms with Crippen molar-refractivity contribution in [3.05, 3.63) is 24.3 Å². The molecule has 0 spiro atoms. The summed E-state index contributed by atoms with van der Waals surface area (Å²) in [7, 11) is -1.80. The molecule has 5 heteroatoms. The zero-order chi connectivity index (χ0) is 9.19. The third kappa shape index (κ3) is 3.04. The number of primary sulfonamides is 1. The Morgan fingerprint density at radius 1 is 1.23 bits per heavy atom. The largest absolute Gasteiger partial charge is 0.388 e. The number of hydrogen-bond acceptors (Lipinski definition) is 3. The second kappa shape index (κ2) is 4.25. The SMILES string of the molecule is C.CNc1ccc(S(N)(=O)=O)cc1. The molecule has 74 valence electrons. The zero-order valence-electron chi connectivity index (χ0n) is 6.61. The maximum absolute atomic E-state index is 10.8. The Labute approximate surface area is 78.8 Å². The van der Waals surface area contributed by atoms with Gasteiger partial charge in [0.1, 0.15) is 0 Å². The van der Waals surface area contributed by atoms with E-state index in [0.717, 1.165) is 5.69 Å². The Bertz CT molecular complexity index is 356. The Morgan fingerprint density at radius 2 is 1.69 bits per heavy atom. The molecule has 0 heterocycles. The first-order valence-electron chi connectivity index (χ1n) is 3.34. The van der Waals surface area contributed by atoms with Crippen LogP contribution in [0.4, 0.5) is 5.69 Å². The number of hydrogen-bond donors (Lipinski definition) is 2. The zero-order valence-corrected chi connectivity index (χ0v) is 7.43. The lowest BCUT2D eigenvalue weighted by atomic mass is 10.3. The lowest BCUT2D eigenvalue weighted by Gasteiger charge is -2.00. The average Bonchev–Trinajstić information content (AvgIpc) is 2.03. The van der Waals surface area contributed by atoms with E-state index in [1.165, 1.54) is 12.1 Å². The van der Waals surface area contributed by atoms with Crippen LogP contribution in [0.5, 0.6) is 0 Å². The summed E-state index contributed by atoms with van der Waals surface area (Å²) < 4.78 is 21.6. The predicted octanol–water partition coefficient (Wildman–Crippen LogP) is 1.01. The molecule has 0 atom stereocenters. The number of anilines is 1. The van der Waals surface area contributed by atoms with Gasteiger partial charge in [0.15, 0.2) is 0 Å². The van der Waals surface area contributed by atoms with Crippen molar-refractivity contribution < 1.29 is 8.42 Å². The average molecular weight is 202 g/mol. The van der Waals surface area contributed by atoms with Crippen molar-refractivity contribution in [2.24, 2.45) is 5.14 Å². The van der Waals surface area contributed by atoms with Crippen LogP contribution in [0.3, 0.4) is 0 Å². The summed E-state index contributed by atoms with van der Waals surface area (Å²) in [5, 5.41) is 7.77. The number of sulfonamides is 1. The smallest absolute Gasteiger partial charge is 0.238 e. The standard InChI is InChI=1S/C7H10N2O2S.CH4/c1-9-6-2-4-7(5-3-6)12(8,10)11;/h2-5,9H,1H3,(H2,8,10,11);1H4. The normalized spacial score (nSPS) is 10.3. The molecule has 13 heavy (non-hydrogen) atoms. The molecular formula is C8H14N2O2S. The van der Waals surface area contributed by atoms with Crippen molar-refractivity contribution in [2.75, 3.05) is 12.4 Å². The van der Waals surface area contributed by atoms with E-state index in [0.29, 0.717) is 0 Å². The van der Waals surface area contributed by atoms with Gasteiger partial charge in [0.05, 0.1) is 4.90 Å². The number of nitrogens with two attached hydrogens (primary N) is 1. The molecule has 0 amide bonds. The van der Waals surface area contributed by atoms with E-state index in [-0.39, 0.29) is 12.3 Å². The van der Waals surface area contributed by atoms with Crippen LogP contribution in [0.2, 0.25) is 0 Å². The Balaban J connectivity index is 0.00000144. The quantitative estimate of drug-likeness (QED) is 0.751. The third-order valence-electron chi connectivity index (χ3n) is 1.47. The maximum atomic E-state index is 10.8. The molecule has 0 fully saturated rings. The van der Waals surface area contributed by atoms with E-state index in [1.807, 2.05) is 0 Å². The van der Waals surface area contributed by atoms with Crippen molar-refractivity contribution in [3.8, 4) is 0 Å². The molecule has 0 aliphatic carbocycles. The van der Waals surface area contributed by atoms with Gasteiger partial charge >= 0.3 is 0 Å². The number of benzene rings is 1. The minimum Gasteiger partial charge on any atom is -0.388 e. The topological polar surface area (TPSA) is 72.2 Å². The lowest BCUT2D eigenvalue weighted by Crippen LogP contribution is -2.11. The maximum Gasteiger partial charge on any atom is 0.238 e. The van der Waals surface area contributed by atoms with Crippen molar-refractivity contribution in [2.45, 2.75) is 12.3 Å². The van der Waals surface area contributed by atoms with Gasteiger partial charge in [-0.15, -0.1) is 0 Å². The van der Waals surface area contributed by atoms with Gasteiger partial charge in [0, 0.05) is 12.7 Å². The van der Waals surface area contributed by atoms with Crippen LogP contribution < -0.4 is 10.5 Å². The summed E-state index contributed by atoms with van der Waals surface area (Å²) in [4.78, 5) is 0.126. The van der Waals surface area contributed by atoms with E-state index < -0.39 is 10.0 Å². The number of nitrogens with one attached hydrogen (secondary N) is 1. The summed E-state index contributed by atoms with van der Waals surface area (Å²) in [6, 6.07) is 6.22. The predicted molar refractivity (Wildman–Crippen MR) is 54.1 cm³/mol. The first-order valence-corrected chi connectivity index (χ1v) is 4.89. The van der Waals surface area contributed by atoms with E-state index in [2.05, 4.69) is 5.32 Å². The third-order valence-corrected chi connectivity index (χ3v) is 2.40. The van der Waals surface area contributed by atoms with Crippen molar-refractivity contribution in [3.63, 3.8) is 0 Å². The van der Waals surface area contributed by atoms with E-state index in [4.69, 9.17) is 5.14 Å². The fraction of sp³-hybridized carbons (Fsp3) is 0.250. The molecule has 0 saturated carbocycles. The highest BCUT2D eigenvalue weighted by atomic mass is 32.2. The molecule has 0 bridgehead atoms. The monoisotopic (exact) mass is 202 g/mol. The second-order valence-corrected chi connectivity index (χ2v) is 3.88. The lowest BCUT2D eigenvalue weighted by molar-refractivity contribution is 0.598. The summed E-state index contributed by atoms with van der Waals surface area (Å²) in [5.74, 6) is 0. The van der Waals surface area contributed by atoms with Gasteiger partial charge in [0.25, 0.3) is 0 Å². The Morgan fingerprint density at radius 3 is 2.00 bits per heavy atom. The molecule has 0 aliphatic heterocycles. The van der Waals surface area contributed by atoms with Crippen LogP contribution in [0, 0.1) is 0 Å². The van der Waals surface area contributed by atoms with E-state index >= 15 is 0 Å². The van der Waals surface area contributed by atoms with Gasteiger partial charge in [-0.2, -0.15) is 0 Å².